The summed E-state index contributed by atoms with van der Waals surface area (Å²) < 4.78 is 0. The Morgan fingerprint density at radius 3 is 2.68 bits per heavy atom. The highest BCUT2D eigenvalue weighted by atomic mass is 16.1. The van der Waals surface area contributed by atoms with Crippen molar-refractivity contribution in [3.63, 3.8) is 0 Å². The zero-order valence-corrected chi connectivity index (χ0v) is 13.6. The van der Waals surface area contributed by atoms with E-state index in [1.54, 1.807) is 0 Å². The molecule has 0 spiro atoms. The van der Waals surface area contributed by atoms with Crippen LogP contribution in [0.5, 0.6) is 0 Å². The highest BCUT2D eigenvalue weighted by Gasteiger charge is 2.57. The summed E-state index contributed by atoms with van der Waals surface area (Å²) in [5.74, 6) is 2.23. The summed E-state index contributed by atoms with van der Waals surface area (Å²) in [6, 6.07) is 1.09. The van der Waals surface area contributed by atoms with Crippen LogP contribution < -0.4 is 21.3 Å². The van der Waals surface area contributed by atoms with Crippen molar-refractivity contribution >= 4 is 5.78 Å². The van der Waals surface area contributed by atoms with Crippen LogP contribution in [0.1, 0.15) is 45.4 Å². The van der Waals surface area contributed by atoms with Crippen molar-refractivity contribution in [2.75, 3.05) is 13.2 Å². The highest BCUT2D eigenvalue weighted by molar-refractivity contribution is 5.84. The molecule has 0 aromatic heterocycles. The quantitative estimate of drug-likeness (QED) is 0.614. The van der Waals surface area contributed by atoms with E-state index in [0.717, 1.165) is 19.1 Å². The minimum atomic E-state index is 0.0771. The maximum absolute atomic E-state index is 12.5. The molecule has 4 rings (SSSR count). The third-order valence-electron chi connectivity index (χ3n) is 6.53. The molecule has 4 fully saturated rings. The van der Waals surface area contributed by atoms with E-state index in [2.05, 4.69) is 21.3 Å². The summed E-state index contributed by atoms with van der Waals surface area (Å²) in [6.07, 6.45) is 7.68. The summed E-state index contributed by atoms with van der Waals surface area (Å²) in [4.78, 5) is 12.5. The van der Waals surface area contributed by atoms with Crippen LogP contribution in [0.15, 0.2) is 0 Å². The lowest BCUT2D eigenvalue weighted by Gasteiger charge is -2.38. The molecule has 0 aromatic rings. The topological polar surface area (TPSA) is 65.2 Å². The zero-order valence-electron chi connectivity index (χ0n) is 13.6. The average Bonchev–Trinajstić information content (AvgIpc) is 3.10. The number of fused-ring (bicyclic) bond motifs is 3. The van der Waals surface area contributed by atoms with Gasteiger partial charge in [0.25, 0.3) is 0 Å². The molecule has 1 saturated carbocycles. The molecule has 124 valence electrons. The molecule has 4 N–H and O–H groups in total. The Morgan fingerprint density at radius 1 is 1.09 bits per heavy atom. The first-order valence-electron chi connectivity index (χ1n) is 9.28. The second kappa shape index (κ2) is 6.19. The van der Waals surface area contributed by atoms with E-state index in [0.29, 0.717) is 42.3 Å². The van der Waals surface area contributed by atoms with E-state index in [9.17, 15) is 4.79 Å². The normalized spacial score (nSPS) is 45.5. The second-order valence-electron chi connectivity index (χ2n) is 7.63. The molecule has 1 aliphatic carbocycles. The summed E-state index contributed by atoms with van der Waals surface area (Å²) in [5, 5.41) is 14.5. The van der Waals surface area contributed by atoms with Crippen molar-refractivity contribution in [2.45, 2.75) is 69.7 Å². The molecule has 0 radical (unpaired) electrons. The molecule has 6 atom stereocenters. The fraction of sp³-hybridized carbons (Fsp3) is 0.941. The van der Waals surface area contributed by atoms with Gasteiger partial charge in [-0.05, 0) is 11.8 Å². The molecule has 5 heteroatoms. The maximum atomic E-state index is 12.5. The van der Waals surface area contributed by atoms with E-state index in [-0.39, 0.29) is 6.04 Å². The maximum Gasteiger partial charge on any atom is 0.149 e. The summed E-state index contributed by atoms with van der Waals surface area (Å²) in [6.45, 7) is 3.95. The SMILES string of the molecule is CCC(=O)C1NC2NC3CNCNC3C2C1C1CCCCC1. The van der Waals surface area contributed by atoms with Crippen LogP contribution in [0.4, 0.5) is 0 Å². The van der Waals surface area contributed by atoms with Gasteiger partial charge in [-0.1, -0.05) is 39.0 Å². The molecule has 3 saturated heterocycles. The molecule has 0 bridgehead atoms. The average molecular weight is 306 g/mol. The van der Waals surface area contributed by atoms with Crippen molar-refractivity contribution in [1.29, 1.82) is 0 Å². The molecule has 3 heterocycles. The first kappa shape index (κ1) is 15.1. The highest BCUT2D eigenvalue weighted by Crippen LogP contribution is 2.45. The van der Waals surface area contributed by atoms with Crippen molar-refractivity contribution in [3.8, 4) is 0 Å². The van der Waals surface area contributed by atoms with Crippen LogP contribution in [-0.4, -0.2) is 43.3 Å². The Kier molecular flexibility index (Phi) is 4.24. The molecule has 4 aliphatic rings. The van der Waals surface area contributed by atoms with Crippen LogP contribution >= 0.6 is 0 Å². The first-order chi connectivity index (χ1) is 10.8. The summed E-state index contributed by atoms with van der Waals surface area (Å²) in [7, 11) is 0. The van der Waals surface area contributed by atoms with E-state index in [1.165, 1.54) is 32.1 Å². The lowest BCUT2D eigenvalue weighted by atomic mass is 9.69. The van der Waals surface area contributed by atoms with E-state index in [1.807, 2.05) is 6.92 Å². The smallest absolute Gasteiger partial charge is 0.149 e. The van der Waals surface area contributed by atoms with Gasteiger partial charge in [-0.15, -0.1) is 0 Å². The van der Waals surface area contributed by atoms with Crippen molar-refractivity contribution in [2.24, 2.45) is 17.8 Å². The summed E-state index contributed by atoms with van der Waals surface area (Å²) >= 11 is 0. The minimum Gasteiger partial charge on any atom is -0.303 e. The molecule has 6 unspecified atom stereocenters. The molecule has 22 heavy (non-hydrogen) atoms. The van der Waals surface area contributed by atoms with Crippen LogP contribution in [0.3, 0.4) is 0 Å². The van der Waals surface area contributed by atoms with E-state index >= 15 is 0 Å². The van der Waals surface area contributed by atoms with Gasteiger partial charge in [0.2, 0.25) is 0 Å². The van der Waals surface area contributed by atoms with Gasteiger partial charge in [0.15, 0.2) is 0 Å². The third-order valence-corrected chi connectivity index (χ3v) is 6.53. The number of hydrogen-bond acceptors (Lipinski definition) is 5. The van der Waals surface area contributed by atoms with Gasteiger partial charge in [0.1, 0.15) is 5.78 Å². The van der Waals surface area contributed by atoms with Crippen LogP contribution in [0.2, 0.25) is 0 Å². The number of rotatable bonds is 3. The Morgan fingerprint density at radius 2 is 1.91 bits per heavy atom. The Labute approximate surface area is 133 Å². The van der Waals surface area contributed by atoms with Crippen LogP contribution in [-0.2, 0) is 4.79 Å². The molecule has 0 amide bonds. The van der Waals surface area contributed by atoms with Gasteiger partial charge in [-0.3, -0.25) is 20.7 Å². The predicted octanol–water partition coefficient (Wildman–Crippen LogP) is 0.567. The fourth-order valence-electron chi connectivity index (χ4n) is 5.58. The standard InChI is InChI=1S/C17H30N4O/c1-2-12(22)16-13(10-6-4-3-5-7-10)14-15-11(8-18-9-19-15)20-17(14)21-16/h10-11,13-21H,2-9H2,1H3. The van der Waals surface area contributed by atoms with Crippen LogP contribution in [0, 0.1) is 17.8 Å². The monoisotopic (exact) mass is 306 g/mol. The minimum absolute atomic E-state index is 0.0771. The van der Waals surface area contributed by atoms with Gasteiger partial charge < -0.3 is 5.32 Å². The molecular weight excluding hydrogens is 276 g/mol. The van der Waals surface area contributed by atoms with Crippen molar-refractivity contribution in [3.05, 3.63) is 0 Å². The third kappa shape index (κ3) is 2.42. The van der Waals surface area contributed by atoms with Gasteiger partial charge in [-0.2, -0.15) is 0 Å². The Bertz CT molecular complexity index is 423. The van der Waals surface area contributed by atoms with Gasteiger partial charge >= 0.3 is 0 Å². The van der Waals surface area contributed by atoms with Crippen LogP contribution in [0.25, 0.3) is 0 Å². The molecule has 3 aliphatic heterocycles. The number of Topliss-reactive ketones (excluding diaryl/α,β-unsaturated/α-hetero) is 1. The van der Waals surface area contributed by atoms with E-state index < -0.39 is 0 Å². The second-order valence-corrected chi connectivity index (χ2v) is 7.63. The summed E-state index contributed by atoms with van der Waals surface area (Å²) in [5.41, 5.74) is 0. The number of hydrogen-bond donors (Lipinski definition) is 4. The number of carbonyl (C=O) groups is 1. The lowest BCUT2D eigenvalue weighted by Crippen LogP contribution is -2.59. The molecular formula is C17H30N4O. The number of nitrogens with one attached hydrogen (secondary N) is 4. The Balaban J connectivity index is 1.60. The van der Waals surface area contributed by atoms with Crippen molar-refractivity contribution in [1.82, 2.24) is 21.3 Å². The molecule has 5 nitrogen and oxygen atoms in total. The first-order valence-corrected chi connectivity index (χ1v) is 9.28. The van der Waals surface area contributed by atoms with E-state index in [4.69, 9.17) is 0 Å². The fourth-order valence-corrected chi connectivity index (χ4v) is 5.58. The number of ketones is 1. The van der Waals surface area contributed by atoms with Gasteiger partial charge in [0.05, 0.1) is 12.2 Å². The number of carbonyl (C=O) groups excluding carboxylic acids is 1. The lowest BCUT2D eigenvalue weighted by molar-refractivity contribution is -0.122. The largest absolute Gasteiger partial charge is 0.303 e. The van der Waals surface area contributed by atoms with Gasteiger partial charge in [0, 0.05) is 37.6 Å². The van der Waals surface area contributed by atoms with Gasteiger partial charge in [-0.25, -0.2) is 0 Å². The zero-order chi connectivity index (χ0) is 15.1. The predicted molar refractivity (Wildman–Crippen MR) is 86.3 cm³/mol. The molecule has 0 aromatic carbocycles. The van der Waals surface area contributed by atoms with Crippen molar-refractivity contribution < 1.29 is 4.79 Å². The Hall–Kier alpha value is -0.490.